The number of pyridine rings is 1. The van der Waals surface area contributed by atoms with Crippen molar-refractivity contribution in [2.45, 2.75) is 0 Å². The van der Waals surface area contributed by atoms with Crippen LogP contribution < -0.4 is 0 Å². The van der Waals surface area contributed by atoms with E-state index in [1.807, 2.05) is 54.6 Å². The van der Waals surface area contributed by atoms with Gasteiger partial charge < -0.3 is 0 Å². The van der Waals surface area contributed by atoms with Crippen LogP contribution in [0.4, 0.5) is 0 Å². The van der Waals surface area contributed by atoms with Crippen LogP contribution >= 0.6 is 15.9 Å². The van der Waals surface area contributed by atoms with E-state index in [2.05, 4.69) is 46.3 Å². The van der Waals surface area contributed by atoms with Gasteiger partial charge in [0.15, 0.2) is 5.82 Å². The molecule has 128 valence electrons. The van der Waals surface area contributed by atoms with Crippen molar-refractivity contribution in [3.8, 4) is 22.8 Å². The SMILES string of the molecule is Brc1ccc(-c2nc(-c3ccc4ccccc4n3)nc3ccccc23)cc1. The summed E-state index contributed by atoms with van der Waals surface area (Å²) in [4.78, 5) is 14.4. The maximum atomic E-state index is 4.89. The van der Waals surface area contributed by atoms with E-state index in [1.54, 1.807) is 0 Å². The molecule has 2 heterocycles. The average Bonchev–Trinajstić information content (AvgIpc) is 2.73. The molecule has 2 aromatic heterocycles. The summed E-state index contributed by atoms with van der Waals surface area (Å²) >= 11 is 3.50. The van der Waals surface area contributed by atoms with E-state index in [9.17, 15) is 0 Å². The molecule has 0 N–H and O–H groups in total. The van der Waals surface area contributed by atoms with Gasteiger partial charge in [-0.15, -0.1) is 0 Å². The Morgan fingerprint density at radius 1 is 0.593 bits per heavy atom. The normalized spacial score (nSPS) is 11.1. The van der Waals surface area contributed by atoms with Crippen molar-refractivity contribution in [2.75, 3.05) is 0 Å². The molecule has 3 nitrogen and oxygen atoms in total. The van der Waals surface area contributed by atoms with Gasteiger partial charge in [0, 0.05) is 20.8 Å². The fourth-order valence-corrected chi connectivity index (χ4v) is 3.47. The van der Waals surface area contributed by atoms with Crippen LogP contribution in [0.1, 0.15) is 0 Å². The smallest absolute Gasteiger partial charge is 0.179 e. The lowest BCUT2D eigenvalue weighted by Crippen LogP contribution is -1.96. The van der Waals surface area contributed by atoms with Gasteiger partial charge in [-0.3, -0.25) is 0 Å². The van der Waals surface area contributed by atoms with Crippen molar-refractivity contribution in [1.82, 2.24) is 15.0 Å². The molecule has 27 heavy (non-hydrogen) atoms. The van der Waals surface area contributed by atoms with Gasteiger partial charge in [0.25, 0.3) is 0 Å². The maximum absolute atomic E-state index is 4.89. The van der Waals surface area contributed by atoms with Gasteiger partial charge in [-0.2, -0.15) is 0 Å². The number of benzene rings is 3. The highest BCUT2D eigenvalue weighted by Gasteiger charge is 2.12. The van der Waals surface area contributed by atoms with Crippen LogP contribution in [0.15, 0.2) is 89.4 Å². The Kier molecular flexibility index (Phi) is 3.91. The molecule has 0 atom stereocenters. The largest absolute Gasteiger partial charge is 0.244 e. The molecular formula is C23H14BrN3. The first-order chi connectivity index (χ1) is 13.3. The third-order valence-electron chi connectivity index (χ3n) is 4.55. The summed E-state index contributed by atoms with van der Waals surface area (Å²) in [5, 5.41) is 2.14. The number of rotatable bonds is 2. The summed E-state index contributed by atoms with van der Waals surface area (Å²) in [7, 11) is 0. The molecule has 3 aromatic carbocycles. The Balaban J connectivity index is 1.76. The van der Waals surface area contributed by atoms with Gasteiger partial charge in [-0.25, -0.2) is 15.0 Å². The van der Waals surface area contributed by atoms with Crippen LogP contribution in [0.2, 0.25) is 0 Å². The number of fused-ring (bicyclic) bond motifs is 2. The molecule has 0 bridgehead atoms. The Morgan fingerprint density at radius 3 is 2.19 bits per heavy atom. The van der Waals surface area contributed by atoms with Gasteiger partial charge in [-0.05, 0) is 30.3 Å². The molecule has 0 aliphatic carbocycles. The predicted molar refractivity (Wildman–Crippen MR) is 113 cm³/mol. The molecule has 0 fully saturated rings. The van der Waals surface area contributed by atoms with Crippen molar-refractivity contribution in [3.05, 3.63) is 89.4 Å². The number of halogens is 1. The zero-order valence-corrected chi connectivity index (χ0v) is 15.9. The van der Waals surface area contributed by atoms with Crippen LogP contribution in [-0.2, 0) is 0 Å². The third kappa shape index (κ3) is 2.98. The lowest BCUT2D eigenvalue weighted by Gasteiger charge is -2.09. The molecule has 0 spiro atoms. The Morgan fingerprint density at radius 2 is 1.33 bits per heavy atom. The molecule has 5 rings (SSSR count). The second-order valence-electron chi connectivity index (χ2n) is 6.31. The number of aromatic nitrogens is 3. The molecule has 0 unspecified atom stereocenters. The van der Waals surface area contributed by atoms with Crippen molar-refractivity contribution >= 4 is 37.7 Å². The average molecular weight is 412 g/mol. The summed E-state index contributed by atoms with van der Waals surface area (Å²) in [6, 6.07) is 28.4. The van der Waals surface area contributed by atoms with E-state index in [4.69, 9.17) is 15.0 Å². The zero-order valence-electron chi connectivity index (χ0n) is 14.3. The lowest BCUT2D eigenvalue weighted by molar-refractivity contribution is 1.19. The fraction of sp³-hybridized carbons (Fsp3) is 0. The molecule has 5 aromatic rings. The van der Waals surface area contributed by atoms with Gasteiger partial charge in [0.1, 0.15) is 5.69 Å². The van der Waals surface area contributed by atoms with Crippen LogP contribution in [0.3, 0.4) is 0 Å². The molecule has 0 saturated heterocycles. The van der Waals surface area contributed by atoms with Crippen LogP contribution in [0, 0.1) is 0 Å². The van der Waals surface area contributed by atoms with E-state index >= 15 is 0 Å². The molecule has 0 aliphatic heterocycles. The molecule has 0 saturated carbocycles. The highest BCUT2D eigenvalue weighted by atomic mass is 79.9. The van der Waals surface area contributed by atoms with E-state index in [1.165, 1.54) is 0 Å². The molecule has 0 amide bonds. The highest BCUT2D eigenvalue weighted by Crippen LogP contribution is 2.29. The standard InChI is InChI=1S/C23H14BrN3/c24-17-12-9-16(10-13-17)22-18-6-2-4-8-20(18)26-23(27-22)21-14-11-15-5-1-3-7-19(15)25-21/h1-14H. The van der Waals surface area contributed by atoms with Crippen molar-refractivity contribution in [2.24, 2.45) is 0 Å². The number of hydrogen-bond acceptors (Lipinski definition) is 3. The van der Waals surface area contributed by atoms with Crippen molar-refractivity contribution < 1.29 is 0 Å². The summed E-state index contributed by atoms with van der Waals surface area (Å²) in [5.41, 5.74) is 4.60. The van der Waals surface area contributed by atoms with Crippen molar-refractivity contribution in [3.63, 3.8) is 0 Å². The fourth-order valence-electron chi connectivity index (χ4n) is 3.21. The Labute approximate surface area is 164 Å². The topological polar surface area (TPSA) is 38.7 Å². The monoisotopic (exact) mass is 411 g/mol. The van der Waals surface area contributed by atoms with Gasteiger partial charge in [0.2, 0.25) is 0 Å². The minimum atomic E-state index is 0.636. The number of hydrogen-bond donors (Lipinski definition) is 0. The third-order valence-corrected chi connectivity index (χ3v) is 5.08. The number of para-hydroxylation sites is 2. The summed E-state index contributed by atoms with van der Waals surface area (Å²) in [5.74, 6) is 0.636. The van der Waals surface area contributed by atoms with Gasteiger partial charge in [-0.1, -0.05) is 70.5 Å². The van der Waals surface area contributed by atoms with Crippen molar-refractivity contribution in [1.29, 1.82) is 0 Å². The first-order valence-corrected chi connectivity index (χ1v) is 9.46. The van der Waals surface area contributed by atoms with Crippen LogP contribution in [0.5, 0.6) is 0 Å². The second-order valence-corrected chi connectivity index (χ2v) is 7.22. The molecular weight excluding hydrogens is 398 g/mol. The highest BCUT2D eigenvalue weighted by molar-refractivity contribution is 9.10. The first kappa shape index (κ1) is 16.1. The van der Waals surface area contributed by atoms with E-state index in [-0.39, 0.29) is 0 Å². The molecule has 4 heteroatoms. The first-order valence-electron chi connectivity index (χ1n) is 8.67. The minimum absolute atomic E-state index is 0.636. The summed E-state index contributed by atoms with van der Waals surface area (Å²) < 4.78 is 1.04. The predicted octanol–water partition coefficient (Wildman–Crippen LogP) is 6.27. The van der Waals surface area contributed by atoms with Gasteiger partial charge in [0.05, 0.1) is 16.7 Å². The Bertz CT molecular complexity index is 1280. The number of nitrogens with zero attached hydrogens (tertiary/aromatic N) is 3. The van der Waals surface area contributed by atoms with Crippen LogP contribution in [0.25, 0.3) is 44.6 Å². The quantitative estimate of drug-likeness (QED) is 0.343. The van der Waals surface area contributed by atoms with E-state index < -0.39 is 0 Å². The second kappa shape index (κ2) is 6.56. The Hall–Kier alpha value is -3.11. The summed E-state index contributed by atoms with van der Waals surface area (Å²) in [6.45, 7) is 0. The van der Waals surface area contributed by atoms with Crippen LogP contribution in [-0.4, -0.2) is 15.0 Å². The summed E-state index contributed by atoms with van der Waals surface area (Å²) in [6.07, 6.45) is 0. The van der Waals surface area contributed by atoms with Gasteiger partial charge >= 0.3 is 0 Å². The van der Waals surface area contributed by atoms with E-state index in [0.717, 1.165) is 43.2 Å². The molecule has 0 radical (unpaired) electrons. The zero-order chi connectivity index (χ0) is 18.2. The molecule has 0 aliphatic rings. The maximum Gasteiger partial charge on any atom is 0.179 e. The van der Waals surface area contributed by atoms with E-state index in [0.29, 0.717) is 5.82 Å². The minimum Gasteiger partial charge on any atom is -0.244 e. The lowest BCUT2D eigenvalue weighted by atomic mass is 10.1.